The molecule has 6 heteroatoms. The van der Waals surface area contributed by atoms with Crippen LogP contribution in [-0.2, 0) is 29.1 Å². The van der Waals surface area contributed by atoms with Crippen molar-refractivity contribution in [2.45, 2.75) is 38.8 Å². The summed E-state index contributed by atoms with van der Waals surface area (Å²) in [5.74, 6) is -0.908. The quantitative estimate of drug-likeness (QED) is 0.472. The SMILES string of the molecule is O=C(C(=O)N1CCCCC1)c1cn(CC(=O)N2CCc3ccccc3C2)c2ccccc12. The Morgan fingerprint density at radius 1 is 0.781 bits per heavy atom. The normalized spacial score (nSPS) is 16.1. The minimum absolute atomic E-state index is 0.0154. The van der Waals surface area contributed by atoms with Gasteiger partial charge in [-0.2, -0.15) is 0 Å². The third-order valence-electron chi connectivity index (χ3n) is 6.66. The number of amides is 2. The molecule has 0 saturated carbocycles. The van der Waals surface area contributed by atoms with E-state index in [9.17, 15) is 14.4 Å². The van der Waals surface area contributed by atoms with Crippen LogP contribution in [0.1, 0.15) is 40.7 Å². The maximum Gasteiger partial charge on any atom is 0.295 e. The van der Waals surface area contributed by atoms with Crippen molar-refractivity contribution in [3.8, 4) is 0 Å². The van der Waals surface area contributed by atoms with Crippen LogP contribution in [0.3, 0.4) is 0 Å². The van der Waals surface area contributed by atoms with E-state index in [0.29, 0.717) is 31.7 Å². The third kappa shape index (κ3) is 3.81. The van der Waals surface area contributed by atoms with Gasteiger partial charge in [0.2, 0.25) is 5.91 Å². The molecule has 164 valence electrons. The highest BCUT2D eigenvalue weighted by Crippen LogP contribution is 2.24. The summed E-state index contributed by atoms with van der Waals surface area (Å²) in [5.41, 5.74) is 3.67. The standard InChI is InChI=1S/C26H27N3O3/c30-24(28-15-12-19-8-2-3-9-20(19)16-28)18-29-17-22(21-10-4-5-11-23(21)29)25(31)26(32)27-13-6-1-7-14-27/h2-5,8-11,17H,1,6-7,12-16,18H2. The number of fused-ring (bicyclic) bond motifs is 2. The highest BCUT2D eigenvalue weighted by molar-refractivity contribution is 6.44. The minimum atomic E-state index is -0.485. The molecule has 6 nitrogen and oxygen atoms in total. The summed E-state index contributed by atoms with van der Waals surface area (Å²) in [4.78, 5) is 42.6. The van der Waals surface area contributed by atoms with Crippen molar-refractivity contribution in [1.82, 2.24) is 14.4 Å². The molecule has 3 aromatic rings. The fourth-order valence-electron chi connectivity index (χ4n) is 4.87. The van der Waals surface area contributed by atoms with E-state index in [0.717, 1.165) is 36.6 Å². The fourth-order valence-corrected chi connectivity index (χ4v) is 4.87. The number of carbonyl (C=O) groups is 3. The van der Waals surface area contributed by atoms with Crippen LogP contribution >= 0.6 is 0 Å². The lowest BCUT2D eigenvalue weighted by atomic mass is 10.00. The predicted molar refractivity (Wildman–Crippen MR) is 122 cm³/mol. The molecule has 0 unspecified atom stereocenters. The van der Waals surface area contributed by atoms with Crippen LogP contribution in [0.5, 0.6) is 0 Å². The van der Waals surface area contributed by atoms with Gasteiger partial charge in [-0.1, -0.05) is 42.5 Å². The Labute approximate surface area is 187 Å². The van der Waals surface area contributed by atoms with Gasteiger partial charge < -0.3 is 14.4 Å². The second-order valence-corrected chi connectivity index (χ2v) is 8.70. The van der Waals surface area contributed by atoms with Crippen LogP contribution < -0.4 is 0 Å². The zero-order valence-electron chi connectivity index (χ0n) is 18.1. The molecule has 2 aliphatic heterocycles. The van der Waals surface area contributed by atoms with Crippen LogP contribution in [0.4, 0.5) is 0 Å². The molecule has 2 aromatic carbocycles. The summed E-state index contributed by atoms with van der Waals surface area (Å²) >= 11 is 0. The van der Waals surface area contributed by atoms with Crippen molar-refractivity contribution in [3.63, 3.8) is 0 Å². The molecule has 5 rings (SSSR count). The maximum absolute atomic E-state index is 13.1. The van der Waals surface area contributed by atoms with Crippen LogP contribution in [0.25, 0.3) is 10.9 Å². The summed E-state index contributed by atoms with van der Waals surface area (Å²) in [6, 6.07) is 15.7. The Morgan fingerprint density at radius 2 is 1.50 bits per heavy atom. The van der Waals surface area contributed by atoms with Crippen molar-refractivity contribution in [3.05, 3.63) is 71.4 Å². The molecule has 32 heavy (non-hydrogen) atoms. The van der Waals surface area contributed by atoms with Crippen molar-refractivity contribution in [2.24, 2.45) is 0 Å². The molecule has 3 heterocycles. The largest absolute Gasteiger partial charge is 0.337 e. The van der Waals surface area contributed by atoms with E-state index in [1.807, 2.05) is 45.9 Å². The number of ketones is 1. The predicted octanol–water partition coefficient (Wildman–Crippen LogP) is 3.42. The van der Waals surface area contributed by atoms with Gasteiger partial charge in [-0.05, 0) is 42.9 Å². The third-order valence-corrected chi connectivity index (χ3v) is 6.66. The topological polar surface area (TPSA) is 62.6 Å². The van der Waals surface area contributed by atoms with Gasteiger partial charge in [0.05, 0.1) is 5.56 Å². The molecule has 0 radical (unpaired) electrons. The van der Waals surface area contributed by atoms with Crippen molar-refractivity contribution >= 4 is 28.5 Å². The van der Waals surface area contributed by atoms with E-state index in [1.54, 1.807) is 11.1 Å². The molecule has 1 aromatic heterocycles. The van der Waals surface area contributed by atoms with E-state index in [2.05, 4.69) is 12.1 Å². The number of nitrogens with zero attached hydrogens (tertiary/aromatic N) is 3. The Hall–Kier alpha value is -3.41. The van der Waals surface area contributed by atoms with Gasteiger partial charge in [0.1, 0.15) is 6.54 Å². The second-order valence-electron chi connectivity index (χ2n) is 8.70. The van der Waals surface area contributed by atoms with Gasteiger partial charge >= 0.3 is 0 Å². The van der Waals surface area contributed by atoms with Crippen molar-refractivity contribution < 1.29 is 14.4 Å². The average molecular weight is 430 g/mol. The Kier molecular flexibility index (Phi) is 5.52. The number of likely N-dealkylation sites (tertiary alicyclic amines) is 1. The van der Waals surface area contributed by atoms with Gasteiger partial charge in [-0.15, -0.1) is 0 Å². The second kappa shape index (κ2) is 8.61. The average Bonchev–Trinajstić information content (AvgIpc) is 3.21. The number of para-hydroxylation sites is 1. The van der Waals surface area contributed by atoms with E-state index in [1.165, 1.54) is 11.1 Å². The molecule has 1 saturated heterocycles. The molecule has 0 bridgehead atoms. The number of Topliss-reactive ketones (excluding diaryl/α,β-unsaturated/α-hetero) is 1. The van der Waals surface area contributed by atoms with E-state index in [4.69, 9.17) is 0 Å². The number of rotatable bonds is 4. The molecule has 0 N–H and O–H groups in total. The lowest BCUT2D eigenvalue weighted by Crippen LogP contribution is -2.40. The zero-order valence-corrected chi connectivity index (χ0v) is 18.1. The Bertz CT molecular complexity index is 1190. The molecule has 2 amide bonds. The van der Waals surface area contributed by atoms with Crippen LogP contribution in [0, 0.1) is 0 Å². The Morgan fingerprint density at radius 3 is 2.31 bits per heavy atom. The fraction of sp³-hybridized carbons (Fsp3) is 0.346. The van der Waals surface area contributed by atoms with Crippen LogP contribution in [0.2, 0.25) is 0 Å². The smallest absolute Gasteiger partial charge is 0.295 e. The van der Waals surface area contributed by atoms with Gasteiger partial charge in [-0.25, -0.2) is 0 Å². The molecule has 0 spiro atoms. The molecular weight excluding hydrogens is 402 g/mol. The van der Waals surface area contributed by atoms with E-state index < -0.39 is 11.7 Å². The van der Waals surface area contributed by atoms with Gasteiger partial charge in [-0.3, -0.25) is 14.4 Å². The molecular formula is C26H27N3O3. The van der Waals surface area contributed by atoms with Gasteiger partial charge in [0, 0.05) is 43.3 Å². The maximum atomic E-state index is 13.1. The number of hydrogen-bond donors (Lipinski definition) is 0. The van der Waals surface area contributed by atoms with E-state index in [-0.39, 0.29) is 12.5 Å². The first-order valence-corrected chi connectivity index (χ1v) is 11.4. The number of carbonyl (C=O) groups excluding carboxylic acids is 3. The van der Waals surface area contributed by atoms with Crippen molar-refractivity contribution in [1.29, 1.82) is 0 Å². The lowest BCUT2D eigenvalue weighted by Gasteiger charge is -2.29. The summed E-state index contributed by atoms with van der Waals surface area (Å²) in [5, 5.41) is 0.722. The van der Waals surface area contributed by atoms with Crippen LogP contribution in [-0.4, -0.2) is 51.6 Å². The number of aromatic nitrogens is 1. The number of piperidine rings is 1. The highest BCUT2D eigenvalue weighted by atomic mass is 16.2. The van der Waals surface area contributed by atoms with E-state index >= 15 is 0 Å². The molecule has 2 aliphatic rings. The van der Waals surface area contributed by atoms with Gasteiger partial charge in [0.15, 0.2) is 0 Å². The molecule has 0 aliphatic carbocycles. The Balaban J connectivity index is 1.39. The first kappa shape index (κ1) is 20.5. The summed E-state index contributed by atoms with van der Waals surface area (Å²) in [6.45, 7) is 2.71. The van der Waals surface area contributed by atoms with Gasteiger partial charge in [0.25, 0.3) is 11.7 Å². The first-order valence-electron chi connectivity index (χ1n) is 11.4. The molecule has 0 atom stereocenters. The minimum Gasteiger partial charge on any atom is -0.337 e. The summed E-state index contributed by atoms with van der Waals surface area (Å²) in [6.07, 6.45) is 5.51. The highest BCUT2D eigenvalue weighted by Gasteiger charge is 2.28. The number of benzene rings is 2. The zero-order chi connectivity index (χ0) is 22.1. The summed E-state index contributed by atoms with van der Waals surface area (Å²) < 4.78 is 1.81. The monoisotopic (exact) mass is 429 g/mol. The van der Waals surface area contributed by atoms with Crippen LogP contribution in [0.15, 0.2) is 54.7 Å². The van der Waals surface area contributed by atoms with Crippen molar-refractivity contribution in [2.75, 3.05) is 19.6 Å². The lowest BCUT2D eigenvalue weighted by molar-refractivity contribution is -0.132. The molecule has 1 fully saturated rings. The first-order chi connectivity index (χ1) is 15.6. The number of hydrogen-bond acceptors (Lipinski definition) is 3. The summed E-state index contributed by atoms with van der Waals surface area (Å²) in [7, 11) is 0.